The lowest BCUT2D eigenvalue weighted by molar-refractivity contribution is -0.136. The number of carbonyl (C=O) groups is 1. The van der Waals surface area contributed by atoms with Gasteiger partial charge in [0.2, 0.25) is 5.91 Å². The van der Waals surface area contributed by atoms with Crippen molar-refractivity contribution in [1.29, 1.82) is 0 Å². The number of hydrogen-bond acceptors (Lipinski definition) is 2. The summed E-state index contributed by atoms with van der Waals surface area (Å²) in [5.74, 6) is 0.191. The minimum absolute atomic E-state index is 0. The topological polar surface area (TPSA) is 32.3 Å². The zero-order valence-corrected chi connectivity index (χ0v) is 14.6. The van der Waals surface area contributed by atoms with Gasteiger partial charge in [-0.15, -0.1) is 12.4 Å². The van der Waals surface area contributed by atoms with E-state index < -0.39 is 0 Å². The molecule has 1 atom stereocenters. The monoisotopic (exact) mass is 350 g/mol. The third-order valence-electron chi connectivity index (χ3n) is 3.54. The number of nitrogens with zero attached hydrogens (tertiary/aromatic N) is 1. The number of amides is 1. The molecular weight excluding hydrogens is 331 g/mol. The van der Waals surface area contributed by atoms with Crippen LogP contribution in [0.25, 0.3) is 0 Å². The second-order valence-electron chi connectivity index (χ2n) is 5.40. The summed E-state index contributed by atoms with van der Waals surface area (Å²) in [4.78, 5) is 14.5. The van der Waals surface area contributed by atoms with Crippen LogP contribution in [0.2, 0.25) is 10.0 Å². The Morgan fingerprint density at radius 3 is 2.57 bits per heavy atom. The number of carbonyl (C=O) groups excluding carboxylic acids is 1. The molecule has 0 aliphatic heterocycles. The minimum atomic E-state index is -0.0108. The molecule has 1 fully saturated rings. The Kier molecular flexibility index (Phi) is 7.28. The number of hydrogen-bond donors (Lipinski definition) is 1. The fourth-order valence-corrected chi connectivity index (χ4v) is 2.61. The Balaban J connectivity index is 0.00000220. The van der Waals surface area contributed by atoms with Gasteiger partial charge < -0.3 is 10.2 Å². The van der Waals surface area contributed by atoms with Crippen LogP contribution in [0.15, 0.2) is 18.2 Å². The van der Waals surface area contributed by atoms with E-state index in [-0.39, 0.29) is 24.2 Å². The fourth-order valence-electron chi connectivity index (χ4n) is 2.28. The van der Waals surface area contributed by atoms with Crippen molar-refractivity contribution in [2.24, 2.45) is 5.92 Å². The van der Waals surface area contributed by atoms with E-state index in [0.717, 1.165) is 18.4 Å². The van der Waals surface area contributed by atoms with Crippen LogP contribution < -0.4 is 5.32 Å². The van der Waals surface area contributed by atoms with Crippen LogP contribution in [0.5, 0.6) is 0 Å². The van der Waals surface area contributed by atoms with E-state index in [1.54, 1.807) is 6.07 Å². The lowest BCUT2D eigenvalue weighted by atomic mass is 10.1. The van der Waals surface area contributed by atoms with E-state index >= 15 is 0 Å². The predicted octanol–water partition coefficient (Wildman–Crippen LogP) is 3.76. The summed E-state index contributed by atoms with van der Waals surface area (Å²) >= 11 is 12.0. The summed E-state index contributed by atoms with van der Waals surface area (Å²) in [6, 6.07) is 5.94. The maximum Gasteiger partial charge on any atom is 0.227 e. The van der Waals surface area contributed by atoms with Crippen LogP contribution in [0.3, 0.4) is 0 Å². The summed E-state index contributed by atoms with van der Waals surface area (Å²) in [7, 11) is 1.87. The summed E-state index contributed by atoms with van der Waals surface area (Å²) in [6.07, 6.45) is 2.19. The van der Waals surface area contributed by atoms with Crippen molar-refractivity contribution in [1.82, 2.24) is 10.2 Å². The van der Waals surface area contributed by atoms with Gasteiger partial charge in [0, 0.05) is 25.0 Å². The molecule has 2 rings (SSSR count). The Morgan fingerprint density at radius 1 is 1.38 bits per heavy atom. The molecule has 3 nitrogen and oxygen atoms in total. The molecule has 1 saturated carbocycles. The average Bonchev–Trinajstić information content (AvgIpc) is 3.24. The molecule has 1 aromatic rings. The van der Waals surface area contributed by atoms with Crippen LogP contribution in [0.1, 0.15) is 25.3 Å². The van der Waals surface area contributed by atoms with Gasteiger partial charge >= 0.3 is 0 Å². The maximum atomic E-state index is 12.5. The van der Waals surface area contributed by atoms with Crippen molar-refractivity contribution in [2.75, 3.05) is 13.6 Å². The Hall–Kier alpha value is -0.480. The highest BCUT2D eigenvalue weighted by atomic mass is 35.5. The molecule has 0 heterocycles. The molecule has 0 radical (unpaired) electrons. The van der Waals surface area contributed by atoms with E-state index in [1.807, 2.05) is 31.0 Å². The molecule has 1 amide bonds. The standard InChI is InChI=1S/C15H20Cl2N2O.ClH/c1-10(8-18-2)15(20)19(12-4-5-12)9-11-3-6-13(16)14(17)7-11;/h3,6-7,10,12,18H,4-5,8-9H2,1-2H3;1H. The van der Waals surface area contributed by atoms with Gasteiger partial charge in [-0.2, -0.15) is 0 Å². The Bertz CT molecular complexity index is 492. The molecule has 1 aliphatic rings. The molecule has 1 unspecified atom stereocenters. The van der Waals surface area contributed by atoms with Gasteiger partial charge in [0.25, 0.3) is 0 Å². The summed E-state index contributed by atoms with van der Waals surface area (Å²) in [6.45, 7) is 3.26. The van der Waals surface area contributed by atoms with E-state index in [9.17, 15) is 4.79 Å². The number of rotatable bonds is 6. The molecule has 0 aromatic heterocycles. The van der Waals surface area contributed by atoms with Crippen molar-refractivity contribution >= 4 is 41.5 Å². The van der Waals surface area contributed by atoms with Crippen molar-refractivity contribution in [2.45, 2.75) is 32.4 Å². The van der Waals surface area contributed by atoms with Crippen molar-refractivity contribution < 1.29 is 4.79 Å². The van der Waals surface area contributed by atoms with Crippen molar-refractivity contribution in [3.8, 4) is 0 Å². The van der Waals surface area contributed by atoms with E-state index in [1.165, 1.54) is 0 Å². The largest absolute Gasteiger partial charge is 0.335 e. The van der Waals surface area contributed by atoms with Gasteiger partial charge in [0.15, 0.2) is 0 Å². The van der Waals surface area contributed by atoms with Gasteiger partial charge in [0.1, 0.15) is 0 Å². The SMILES string of the molecule is CNCC(C)C(=O)N(Cc1ccc(Cl)c(Cl)c1)C1CC1.Cl. The normalized spacial score (nSPS) is 15.2. The molecule has 1 aliphatic carbocycles. The smallest absolute Gasteiger partial charge is 0.227 e. The van der Waals surface area contributed by atoms with Crippen LogP contribution in [0.4, 0.5) is 0 Å². The second-order valence-corrected chi connectivity index (χ2v) is 6.22. The molecule has 6 heteroatoms. The number of nitrogens with one attached hydrogen (secondary N) is 1. The predicted molar refractivity (Wildman–Crippen MR) is 90.4 cm³/mol. The highest BCUT2D eigenvalue weighted by molar-refractivity contribution is 6.42. The van der Waals surface area contributed by atoms with Crippen LogP contribution in [-0.4, -0.2) is 30.4 Å². The first-order valence-electron chi connectivity index (χ1n) is 6.92. The van der Waals surface area contributed by atoms with Crippen molar-refractivity contribution in [3.63, 3.8) is 0 Å². The van der Waals surface area contributed by atoms with Gasteiger partial charge in [-0.05, 0) is 37.6 Å². The summed E-state index contributed by atoms with van der Waals surface area (Å²) < 4.78 is 0. The fraction of sp³-hybridized carbons (Fsp3) is 0.533. The van der Waals surface area contributed by atoms with Crippen LogP contribution >= 0.6 is 35.6 Å². The van der Waals surface area contributed by atoms with E-state index in [4.69, 9.17) is 23.2 Å². The molecule has 118 valence electrons. The van der Waals surface area contributed by atoms with Crippen molar-refractivity contribution in [3.05, 3.63) is 33.8 Å². The zero-order chi connectivity index (χ0) is 14.7. The minimum Gasteiger partial charge on any atom is -0.335 e. The van der Waals surface area contributed by atoms with E-state index in [0.29, 0.717) is 29.2 Å². The van der Waals surface area contributed by atoms with Gasteiger partial charge in [0.05, 0.1) is 10.0 Å². The molecule has 21 heavy (non-hydrogen) atoms. The Morgan fingerprint density at radius 2 is 2.05 bits per heavy atom. The molecule has 0 bridgehead atoms. The molecule has 1 aromatic carbocycles. The van der Waals surface area contributed by atoms with E-state index in [2.05, 4.69) is 5.32 Å². The number of benzene rings is 1. The lowest BCUT2D eigenvalue weighted by Gasteiger charge is -2.26. The lowest BCUT2D eigenvalue weighted by Crippen LogP contribution is -2.39. The number of halogens is 3. The maximum absolute atomic E-state index is 12.5. The summed E-state index contributed by atoms with van der Waals surface area (Å²) in [5.41, 5.74) is 1.02. The average molecular weight is 352 g/mol. The Labute approximate surface area is 142 Å². The molecule has 0 saturated heterocycles. The second kappa shape index (κ2) is 8.23. The van der Waals surface area contributed by atoms with Gasteiger partial charge in [-0.1, -0.05) is 36.2 Å². The first-order chi connectivity index (χ1) is 9.52. The third kappa shape index (κ3) is 5.03. The molecule has 0 spiro atoms. The zero-order valence-electron chi connectivity index (χ0n) is 12.2. The third-order valence-corrected chi connectivity index (χ3v) is 4.28. The molecular formula is C15H21Cl3N2O. The molecule has 1 N–H and O–H groups in total. The first kappa shape index (κ1) is 18.6. The summed E-state index contributed by atoms with van der Waals surface area (Å²) in [5, 5.41) is 4.14. The van der Waals surface area contributed by atoms with Crippen LogP contribution in [-0.2, 0) is 11.3 Å². The highest BCUT2D eigenvalue weighted by Crippen LogP contribution is 2.31. The highest BCUT2D eigenvalue weighted by Gasteiger charge is 2.34. The quantitative estimate of drug-likeness (QED) is 0.846. The van der Waals surface area contributed by atoms with Gasteiger partial charge in [-0.25, -0.2) is 0 Å². The first-order valence-corrected chi connectivity index (χ1v) is 7.67. The van der Waals surface area contributed by atoms with Gasteiger partial charge in [-0.3, -0.25) is 4.79 Å². The van der Waals surface area contributed by atoms with Crippen LogP contribution in [0, 0.1) is 5.92 Å².